The van der Waals surface area contributed by atoms with Crippen molar-refractivity contribution in [2.45, 2.75) is 44.1 Å². The molecule has 0 aliphatic carbocycles. The molecule has 0 saturated carbocycles. The fourth-order valence-electron chi connectivity index (χ4n) is 3.84. The van der Waals surface area contributed by atoms with Crippen LogP contribution in [-0.2, 0) is 10.0 Å². The van der Waals surface area contributed by atoms with Crippen LogP contribution in [0.5, 0.6) is 5.75 Å². The molecule has 0 radical (unpaired) electrons. The summed E-state index contributed by atoms with van der Waals surface area (Å²) in [5.41, 5.74) is 0. The molecule has 2 aromatic heterocycles. The van der Waals surface area contributed by atoms with E-state index in [1.807, 2.05) is 26.0 Å². The average molecular weight is 408 g/mol. The standard InChI is InChI=1S/C19H25N3O3S2/c1-14-12-18(15(2)26-14)27(23,24)22-11-7-16(13-22)25-17-6-5-8-20-19(17)21-9-3-4-10-21/h5-6,8,12,16H,3-4,7,9-11,13H2,1-2H3/t16-/m1/s1. The highest BCUT2D eigenvalue weighted by Gasteiger charge is 2.35. The van der Waals surface area contributed by atoms with Crippen molar-refractivity contribution in [1.29, 1.82) is 0 Å². The van der Waals surface area contributed by atoms with Gasteiger partial charge in [-0.2, -0.15) is 4.31 Å². The van der Waals surface area contributed by atoms with Gasteiger partial charge in [0.05, 0.1) is 11.4 Å². The molecule has 146 valence electrons. The van der Waals surface area contributed by atoms with E-state index in [-0.39, 0.29) is 6.10 Å². The molecule has 27 heavy (non-hydrogen) atoms. The summed E-state index contributed by atoms with van der Waals surface area (Å²) < 4.78 is 33.8. The Kier molecular flexibility index (Phi) is 5.13. The molecule has 2 aliphatic heterocycles. The van der Waals surface area contributed by atoms with Crippen molar-refractivity contribution in [3.63, 3.8) is 0 Å². The Morgan fingerprint density at radius 2 is 2.00 bits per heavy atom. The maximum atomic E-state index is 13.0. The summed E-state index contributed by atoms with van der Waals surface area (Å²) in [4.78, 5) is 9.05. The van der Waals surface area contributed by atoms with Gasteiger partial charge in [-0.1, -0.05) is 0 Å². The first kappa shape index (κ1) is 18.7. The number of anilines is 1. The second-order valence-electron chi connectivity index (χ2n) is 7.19. The fraction of sp³-hybridized carbons (Fsp3) is 0.526. The van der Waals surface area contributed by atoms with Gasteiger partial charge in [-0.25, -0.2) is 13.4 Å². The van der Waals surface area contributed by atoms with Gasteiger partial charge < -0.3 is 9.64 Å². The molecule has 0 N–H and O–H groups in total. The zero-order chi connectivity index (χ0) is 19.0. The lowest BCUT2D eigenvalue weighted by atomic mass is 10.3. The van der Waals surface area contributed by atoms with E-state index >= 15 is 0 Å². The monoisotopic (exact) mass is 407 g/mol. The average Bonchev–Trinajstić information content (AvgIpc) is 3.37. The lowest BCUT2D eigenvalue weighted by molar-refractivity contribution is 0.215. The van der Waals surface area contributed by atoms with Crippen molar-refractivity contribution in [3.05, 3.63) is 34.2 Å². The molecular weight excluding hydrogens is 382 g/mol. The minimum absolute atomic E-state index is 0.148. The Hall–Kier alpha value is -1.64. The van der Waals surface area contributed by atoms with E-state index < -0.39 is 10.0 Å². The van der Waals surface area contributed by atoms with Crippen molar-refractivity contribution in [1.82, 2.24) is 9.29 Å². The molecule has 1 atom stereocenters. The Bertz CT molecular complexity index is 920. The zero-order valence-electron chi connectivity index (χ0n) is 15.7. The Morgan fingerprint density at radius 1 is 1.22 bits per heavy atom. The molecule has 8 heteroatoms. The smallest absolute Gasteiger partial charge is 0.244 e. The normalized spacial score (nSPS) is 21.1. The summed E-state index contributed by atoms with van der Waals surface area (Å²) in [6.07, 6.45) is 4.67. The number of thiophene rings is 1. The van der Waals surface area contributed by atoms with Crippen molar-refractivity contribution in [2.24, 2.45) is 0 Å². The van der Waals surface area contributed by atoms with Gasteiger partial charge in [-0.15, -0.1) is 11.3 Å². The molecule has 0 spiro atoms. The second-order valence-corrected chi connectivity index (χ2v) is 10.6. The zero-order valence-corrected chi connectivity index (χ0v) is 17.4. The second kappa shape index (κ2) is 7.41. The molecule has 2 aromatic rings. The first-order chi connectivity index (χ1) is 12.9. The molecule has 6 nitrogen and oxygen atoms in total. The van der Waals surface area contributed by atoms with Crippen LogP contribution in [0.3, 0.4) is 0 Å². The molecule has 2 aliphatic rings. The summed E-state index contributed by atoms with van der Waals surface area (Å²) in [6.45, 7) is 6.66. The lowest BCUT2D eigenvalue weighted by Crippen LogP contribution is -2.31. The molecule has 0 unspecified atom stereocenters. The van der Waals surface area contributed by atoms with Crippen molar-refractivity contribution < 1.29 is 13.2 Å². The van der Waals surface area contributed by atoms with Gasteiger partial charge in [0, 0.05) is 35.6 Å². The van der Waals surface area contributed by atoms with Crippen LogP contribution in [0.15, 0.2) is 29.3 Å². The number of nitrogens with zero attached hydrogens (tertiary/aromatic N) is 3. The van der Waals surface area contributed by atoms with E-state index in [0.717, 1.165) is 34.4 Å². The molecule has 2 saturated heterocycles. The predicted octanol–water partition coefficient (Wildman–Crippen LogP) is 3.20. The van der Waals surface area contributed by atoms with E-state index in [9.17, 15) is 8.42 Å². The van der Waals surface area contributed by atoms with Crippen LogP contribution >= 0.6 is 11.3 Å². The number of pyridine rings is 1. The quantitative estimate of drug-likeness (QED) is 0.762. The summed E-state index contributed by atoms with van der Waals surface area (Å²) in [5.74, 6) is 1.63. The van der Waals surface area contributed by atoms with Gasteiger partial charge in [-0.05, 0) is 51.3 Å². The summed E-state index contributed by atoms with van der Waals surface area (Å²) >= 11 is 1.52. The van der Waals surface area contributed by atoms with Crippen LogP contribution in [0, 0.1) is 13.8 Å². The highest BCUT2D eigenvalue weighted by atomic mass is 32.2. The van der Waals surface area contributed by atoms with Gasteiger partial charge in [0.25, 0.3) is 0 Å². The Morgan fingerprint density at radius 3 is 2.70 bits per heavy atom. The van der Waals surface area contributed by atoms with Gasteiger partial charge in [-0.3, -0.25) is 0 Å². The molecule has 0 aromatic carbocycles. The van der Waals surface area contributed by atoms with Crippen LogP contribution in [0.4, 0.5) is 5.82 Å². The van der Waals surface area contributed by atoms with Crippen molar-refractivity contribution in [3.8, 4) is 5.75 Å². The number of rotatable bonds is 5. The summed E-state index contributed by atoms with van der Waals surface area (Å²) in [7, 11) is -3.46. The summed E-state index contributed by atoms with van der Waals surface area (Å²) in [5, 5.41) is 0. The van der Waals surface area contributed by atoms with Gasteiger partial charge in [0.15, 0.2) is 11.6 Å². The first-order valence-electron chi connectivity index (χ1n) is 9.39. The number of ether oxygens (including phenoxy) is 1. The number of aryl methyl sites for hydroxylation is 2. The SMILES string of the molecule is Cc1cc(S(=O)(=O)N2CC[C@@H](Oc3cccnc3N3CCCC3)C2)c(C)s1. The molecule has 2 fully saturated rings. The van der Waals surface area contributed by atoms with Crippen LogP contribution in [0.1, 0.15) is 29.0 Å². The Balaban J connectivity index is 1.49. The van der Waals surface area contributed by atoms with E-state index in [0.29, 0.717) is 24.4 Å². The van der Waals surface area contributed by atoms with Crippen molar-refractivity contribution in [2.75, 3.05) is 31.1 Å². The van der Waals surface area contributed by atoms with E-state index in [4.69, 9.17) is 4.74 Å². The van der Waals surface area contributed by atoms with E-state index in [1.54, 1.807) is 16.6 Å². The maximum absolute atomic E-state index is 13.0. The molecule has 0 amide bonds. The molecule has 4 rings (SSSR count). The third-order valence-electron chi connectivity index (χ3n) is 5.17. The highest BCUT2D eigenvalue weighted by Crippen LogP contribution is 2.33. The minimum atomic E-state index is -3.46. The van der Waals surface area contributed by atoms with Crippen LogP contribution in [0.2, 0.25) is 0 Å². The summed E-state index contributed by atoms with van der Waals surface area (Å²) in [6, 6.07) is 5.58. The van der Waals surface area contributed by atoms with Crippen LogP contribution in [0.25, 0.3) is 0 Å². The number of hydrogen-bond acceptors (Lipinski definition) is 6. The third kappa shape index (κ3) is 3.70. The predicted molar refractivity (Wildman–Crippen MR) is 107 cm³/mol. The third-order valence-corrected chi connectivity index (χ3v) is 8.26. The maximum Gasteiger partial charge on any atom is 0.244 e. The molecule has 4 heterocycles. The fourth-order valence-corrected chi connectivity index (χ4v) is 6.85. The van der Waals surface area contributed by atoms with Crippen LogP contribution < -0.4 is 9.64 Å². The first-order valence-corrected chi connectivity index (χ1v) is 11.6. The highest BCUT2D eigenvalue weighted by molar-refractivity contribution is 7.89. The lowest BCUT2D eigenvalue weighted by Gasteiger charge is -2.22. The largest absolute Gasteiger partial charge is 0.485 e. The number of aromatic nitrogens is 1. The van der Waals surface area contributed by atoms with E-state index in [2.05, 4.69) is 9.88 Å². The van der Waals surface area contributed by atoms with Crippen molar-refractivity contribution >= 4 is 27.2 Å². The minimum Gasteiger partial charge on any atom is -0.485 e. The van der Waals surface area contributed by atoms with E-state index in [1.165, 1.54) is 24.2 Å². The van der Waals surface area contributed by atoms with Gasteiger partial charge in [0.2, 0.25) is 10.0 Å². The molecular formula is C19H25N3O3S2. The van der Waals surface area contributed by atoms with Gasteiger partial charge in [0.1, 0.15) is 6.10 Å². The Labute approximate surface area is 164 Å². The topological polar surface area (TPSA) is 62.7 Å². The van der Waals surface area contributed by atoms with Gasteiger partial charge >= 0.3 is 0 Å². The number of sulfonamides is 1. The molecule has 0 bridgehead atoms. The van der Waals surface area contributed by atoms with Crippen LogP contribution in [-0.4, -0.2) is 50.0 Å². The number of hydrogen-bond donors (Lipinski definition) is 0.